The first-order valence-corrected chi connectivity index (χ1v) is 15.8. The minimum absolute atomic E-state index is 0.0188. The van der Waals surface area contributed by atoms with Gasteiger partial charge in [0.1, 0.15) is 17.7 Å². The number of ether oxygens (including phenoxy) is 2. The van der Waals surface area contributed by atoms with Crippen LogP contribution in [0, 0.1) is 11.8 Å². The van der Waals surface area contributed by atoms with Crippen LogP contribution in [0.4, 0.5) is 25.1 Å². The number of halogens is 3. The molecular weight excluding hydrogens is 625 g/mol. The predicted molar refractivity (Wildman–Crippen MR) is 173 cm³/mol. The fourth-order valence-electron chi connectivity index (χ4n) is 5.44. The van der Waals surface area contributed by atoms with Gasteiger partial charge in [-0.2, -0.15) is 28.1 Å². The normalized spacial score (nSPS) is 15.3. The Morgan fingerprint density at radius 1 is 1.04 bits per heavy atom. The van der Waals surface area contributed by atoms with Crippen molar-refractivity contribution >= 4 is 11.9 Å². The summed E-state index contributed by atoms with van der Waals surface area (Å²) in [6.45, 7) is 7.85. The van der Waals surface area contributed by atoms with Gasteiger partial charge in [0.2, 0.25) is 17.8 Å². The van der Waals surface area contributed by atoms with Gasteiger partial charge < -0.3 is 24.7 Å². The molecule has 1 aliphatic carbocycles. The minimum Gasteiger partial charge on any atom is -0.480 e. The molecule has 1 aromatic carbocycles. The Hall–Kier alpha value is -4.81. The number of hydrogen-bond acceptors (Lipinski definition) is 11. The average molecular weight is 663 g/mol. The van der Waals surface area contributed by atoms with Crippen LogP contribution < -0.4 is 15.4 Å². The van der Waals surface area contributed by atoms with Crippen LogP contribution in [-0.4, -0.2) is 85.9 Å². The topological polar surface area (TPSA) is 133 Å². The van der Waals surface area contributed by atoms with Crippen LogP contribution in [0.3, 0.4) is 0 Å². The zero-order valence-corrected chi connectivity index (χ0v) is 27.0. The summed E-state index contributed by atoms with van der Waals surface area (Å²) in [6.07, 6.45) is -0.0279. The third-order valence-electron chi connectivity index (χ3n) is 8.11. The van der Waals surface area contributed by atoms with Gasteiger partial charge in [-0.3, -0.25) is 4.90 Å². The summed E-state index contributed by atoms with van der Waals surface area (Å²) in [5.74, 6) is 7.98. The van der Waals surface area contributed by atoms with Gasteiger partial charge in [-0.1, -0.05) is 36.1 Å². The second-order valence-electron chi connectivity index (χ2n) is 12.0. The lowest BCUT2D eigenvalue weighted by Crippen LogP contribution is -2.36. The van der Waals surface area contributed by atoms with E-state index in [-0.39, 0.29) is 30.3 Å². The van der Waals surface area contributed by atoms with Gasteiger partial charge in [0, 0.05) is 43.4 Å². The summed E-state index contributed by atoms with van der Waals surface area (Å²) in [5.41, 5.74) is 8.14. The molecule has 1 aliphatic heterocycles. The van der Waals surface area contributed by atoms with Crippen molar-refractivity contribution in [3.05, 3.63) is 53.7 Å². The third kappa shape index (κ3) is 7.66. The van der Waals surface area contributed by atoms with Crippen molar-refractivity contribution in [1.82, 2.24) is 39.4 Å². The molecule has 0 atom stereocenters. The number of imidazole rings is 1. The molecule has 1 saturated carbocycles. The van der Waals surface area contributed by atoms with Gasteiger partial charge in [0.25, 0.3) is 0 Å². The highest BCUT2D eigenvalue weighted by Gasteiger charge is 2.35. The van der Waals surface area contributed by atoms with E-state index in [0.717, 1.165) is 43.4 Å². The summed E-state index contributed by atoms with van der Waals surface area (Å²) in [6, 6.07) is 7.01. The molecule has 4 aromatic rings. The molecule has 3 aromatic heterocycles. The van der Waals surface area contributed by atoms with Crippen LogP contribution in [0.25, 0.3) is 22.8 Å². The van der Waals surface area contributed by atoms with E-state index in [4.69, 9.17) is 20.2 Å². The van der Waals surface area contributed by atoms with Gasteiger partial charge in [0.05, 0.1) is 39.1 Å². The van der Waals surface area contributed by atoms with E-state index in [1.807, 2.05) is 30.9 Å². The largest absolute Gasteiger partial charge is 0.480 e. The van der Waals surface area contributed by atoms with Crippen LogP contribution in [0.5, 0.6) is 5.88 Å². The Kier molecular flexibility index (Phi) is 9.74. The average Bonchev–Trinajstić information content (AvgIpc) is 3.82. The molecule has 4 heterocycles. The maximum atomic E-state index is 13.5. The molecule has 2 N–H and O–H groups in total. The van der Waals surface area contributed by atoms with Gasteiger partial charge in [-0.25, -0.2) is 15.0 Å². The molecule has 2 aliphatic rings. The Morgan fingerprint density at radius 3 is 2.46 bits per heavy atom. The number of methoxy groups -OCH3 is 1. The van der Waals surface area contributed by atoms with E-state index in [9.17, 15) is 13.2 Å². The maximum Gasteiger partial charge on any atom is 0.434 e. The first-order valence-electron chi connectivity index (χ1n) is 15.8. The van der Waals surface area contributed by atoms with E-state index >= 15 is 0 Å². The number of alkyl halides is 3. The first-order chi connectivity index (χ1) is 23.1. The lowest BCUT2D eigenvalue weighted by atomic mass is 10.1. The van der Waals surface area contributed by atoms with Crippen molar-refractivity contribution in [2.45, 2.75) is 51.4 Å². The molecule has 48 heavy (non-hydrogen) atoms. The molecule has 6 rings (SSSR count). The Morgan fingerprint density at radius 2 is 1.79 bits per heavy atom. The number of aromatic nitrogens is 7. The number of hydrogen-bond donors (Lipinski definition) is 1. The molecule has 0 amide bonds. The number of morpholine rings is 1. The van der Waals surface area contributed by atoms with Crippen LogP contribution in [0.15, 0.2) is 36.8 Å². The number of nitrogens with zero attached hydrogens (tertiary/aromatic N) is 9. The lowest BCUT2D eigenvalue weighted by Gasteiger charge is -2.24. The quantitative estimate of drug-likeness (QED) is 0.239. The maximum absolute atomic E-state index is 13.5. The molecular formula is C33H37F3N10O2. The highest BCUT2D eigenvalue weighted by molar-refractivity contribution is 5.67. The Labute approximate surface area is 276 Å². The number of anilines is 2. The summed E-state index contributed by atoms with van der Waals surface area (Å²) in [5, 5.41) is 0. The molecule has 12 nitrogen and oxygen atoms in total. The standard InChI is InChI=1S/C33H37F3N10O2/c1-21(2)46-19-25(33(34,35)36)40-29(46)24-8-6-22(7-9-24)18-45(13-5-4-12-44-14-16-48-17-15-44)32-42-28(41-31(37)43-32)26-27(23-10-11-23)38-20-39-30(26)47-3/h6-9,19-21,23H,10-18H2,1-3H3,(H2,37,41,42,43). The summed E-state index contributed by atoms with van der Waals surface area (Å²) < 4.78 is 53.0. The van der Waals surface area contributed by atoms with E-state index in [1.54, 1.807) is 12.1 Å². The van der Waals surface area contributed by atoms with Crippen molar-refractivity contribution in [2.24, 2.45) is 0 Å². The molecule has 0 unspecified atom stereocenters. The molecule has 0 bridgehead atoms. The van der Waals surface area contributed by atoms with Crippen molar-refractivity contribution in [2.75, 3.05) is 57.1 Å². The summed E-state index contributed by atoms with van der Waals surface area (Å²) >= 11 is 0. The second-order valence-corrected chi connectivity index (χ2v) is 12.0. The van der Waals surface area contributed by atoms with Gasteiger partial charge in [0.15, 0.2) is 11.5 Å². The van der Waals surface area contributed by atoms with E-state index in [0.29, 0.717) is 55.1 Å². The Balaban J connectivity index is 1.32. The van der Waals surface area contributed by atoms with E-state index < -0.39 is 11.9 Å². The van der Waals surface area contributed by atoms with Crippen LogP contribution in [-0.2, 0) is 17.5 Å². The van der Waals surface area contributed by atoms with Crippen LogP contribution >= 0.6 is 0 Å². The van der Waals surface area contributed by atoms with Crippen molar-refractivity contribution < 1.29 is 22.6 Å². The number of nitrogen functional groups attached to an aromatic ring is 1. The predicted octanol–water partition coefficient (Wildman–Crippen LogP) is 4.60. The zero-order valence-electron chi connectivity index (χ0n) is 27.0. The van der Waals surface area contributed by atoms with Gasteiger partial charge >= 0.3 is 6.18 Å². The minimum atomic E-state index is -4.54. The highest BCUT2D eigenvalue weighted by Crippen LogP contribution is 2.45. The Bertz CT molecular complexity index is 1790. The van der Waals surface area contributed by atoms with Gasteiger partial charge in [-0.15, -0.1) is 0 Å². The molecule has 2 fully saturated rings. The number of rotatable bonds is 10. The number of benzene rings is 1. The van der Waals surface area contributed by atoms with Crippen LogP contribution in [0.2, 0.25) is 0 Å². The van der Waals surface area contributed by atoms with Gasteiger partial charge in [-0.05, 0) is 32.3 Å². The molecule has 0 spiro atoms. The zero-order chi connectivity index (χ0) is 33.8. The van der Waals surface area contributed by atoms with E-state index in [2.05, 4.69) is 41.7 Å². The first kappa shape index (κ1) is 33.1. The fourth-order valence-corrected chi connectivity index (χ4v) is 5.44. The second kappa shape index (κ2) is 14.1. The summed E-state index contributed by atoms with van der Waals surface area (Å²) in [7, 11) is 1.53. The van der Waals surface area contributed by atoms with Crippen molar-refractivity contribution in [3.63, 3.8) is 0 Å². The molecule has 15 heteroatoms. The third-order valence-corrected chi connectivity index (χ3v) is 8.11. The molecule has 0 radical (unpaired) electrons. The monoisotopic (exact) mass is 662 g/mol. The summed E-state index contributed by atoms with van der Waals surface area (Å²) in [4.78, 5) is 30.6. The highest BCUT2D eigenvalue weighted by atomic mass is 19.4. The van der Waals surface area contributed by atoms with E-state index in [1.165, 1.54) is 18.0 Å². The molecule has 252 valence electrons. The number of nitrogens with two attached hydrogens (primary N) is 1. The van der Waals surface area contributed by atoms with Crippen molar-refractivity contribution in [1.29, 1.82) is 0 Å². The van der Waals surface area contributed by atoms with Crippen molar-refractivity contribution in [3.8, 4) is 40.5 Å². The SMILES string of the molecule is COc1ncnc(C2CC2)c1-c1nc(N)nc(N(CC#CCN2CCOCC2)Cc2ccc(-c3nc(C(F)(F)F)cn3C(C)C)cc2)n1. The smallest absolute Gasteiger partial charge is 0.434 e. The lowest BCUT2D eigenvalue weighted by molar-refractivity contribution is -0.140. The van der Waals surface area contributed by atoms with Crippen LogP contribution in [0.1, 0.15) is 55.6 Å². The fraction of sp³-hybridized carbons (Fsp3) is 0.455. The molecule has 1 saturated heterocycles.